The van der Waals surface area contributed by atoms with E-state index in [1.807, 2.05) is 0 Å². The number of carboxylic acid groups (broad SMARTS) is 1. The number of ether oxygens (including phenoxy) is 1. The fourth-order valence-electron chi connectivity index (χ4n) is 1.71. The molecule has 0 spiro atoms. The zero-order chi connectivity index (χ0) is 11.9. The fraction of sp³-hybridized carbons (Fsp3) is 0.300. The molecule has 1 atom stereocenters. The molecular formula is C10H9Cl2NO3. The van der Waals surface area contributed by atoms with Gasteiger partial charge < -0.3 is 15.6 Å². The Morgan fingerprint density at radius 2 is 2.19 bits per heavy atom. The van der Waals surface area contributed by atoms with Crippen LogP contribution in [0.5, 0.6) is 5.75 Å². The van der Waals surface area contributed by atoms with Gasteiger partial charge in [0, 0.05) is 17.0 Å². The second-order valence-corrected chi connectivity index (χ2v) is 4.48. The van der Waals surface area contributed by atoms with Gasteiger partial charge in [-0.1, -0.05) is 23.2 Å². The Morgan fingerprint density at radius 3 is 2.81 bits per heavy atom. The van der Waals surface area contributed by atoms with E-state index in [1.54, 1.807) is 0 Å². The zero-order valence-corrected chi connectivity index (χ0v) is 9.68. The number of hydrogen-bond acceptors (Lipinski definition) is 3. The van der Waals surface area contributed by atoms with Crippen LogP contribution in [0.3, 0.4) is 0 Å². The van der Waals surface area contributed by atoms with Gasteiger partial charge in [0.1, 0.15) is 11.3 Å². The van der Waals surface area contributed by atoms with Crippen molar-refractivity contribution in [1.29, 1.82) is 0 Å². The highest BCUT2D eigenvalue weighted by molar-refractivity contribution is 6.35. The first-order chi connectivity index (χ1) is 7.45. The van der Waals surface area contributed by atoms with Crippen molar-refractivity contribution in [2.45, 2.75) is 12.0 Å². The monoisotopic (exact) mass is 261 g/mol. The Morgan fingerprint density at radius 1 is 1.50 bits per heavy atom. The predicted octanol–water partition coefficient (Wildman–Crippen LogP) is 2.01. The zero-order valence-electron chi connectivity index (χ0n) is 8.17. The van der Waals surface area contributed by atoms with Crippen molar-refractivity contribution >= 4 is 29.2 Å². The van der Waals surface area contributed by atoms with Crippen molar-refractivity contribution in [2.24, 2.45) is 5.73 Å². The maximum absolute atomic E-state index is 11.2. The minimum Gasteiger partial charge on any atom is -0.492 e. The lowest BCUT2D eigenvalue weighted by Gasteiger charge is -2.32. The predicted molar refractivity (Wildman–Crippen MR) is 60.1 cm³/mol. The lowest BCUT2D eigenvalue weighted by atomic mass is 9.85. The molecule has 0 aliphatic carbocycles. The van der Waals surface area contributed by atoms with E-state index >= 15 is 0 Å². The summed E-state index contributed by atoms with van der Waals surface area (Å²) in [6.45, 7) is 0.219. The number of rotatable bonds is 1. The van der Waals surface area contributed by atoms with Crippen LogP contribution in [0.25, 0.3) is 0 Å². The molecule has 0 amide bonds. The molecule has 4 nitrogen and oxygen atoms in total. The summed E-state index contributed by atoms with van der Waals surface area (Å²) < 4.78 is 5.32. The third-order valence-electron chi connectivity index (χ3n) is 2.61. The van der Waals surface area contributed by atoms with Gasteiger partial charge in [0.25, 0.3) is 0 Å². The van der Waals surface area contributed by atoms with Gasteiger partial charge in [-0.3, -0.25) is 0 Å². The highest BCUT2D eigenvalue weighted by atomic mass is 35.5. The van der Waals surface area contributed by atoms with Crippen LogP contribution in [0.15, 0.2) is 12.1 Å². The smallest absolute Gasteiger partial charge is 0.328 e. The van der Waals surface area contributed by atoms with Crippen LogP contribution in [0.1, 0.15) is 12.0 Å². The first kappa shape index (κ1) is 11.5. The topological polar surface area (TPSA) is 72.6 Å². The van der Waals surface area contributed by atoms with Crippen molar-refractivity contribution in [2.75, 3.05) is 6.61 Å². The van der Waals surface area contributed by atoms with Crippen molar-refractivity contribution in [3.8, 4) is 5.75 Å². The summed E-state index contributed by atoms with van der Waals surface area (Å²) in [5.74, 6) is -0.808. The summed E-state index contributed by atoms with van der Waals surface area (Å²) in [6, 6.07) is 2.98. The van der Waals surface area contributed by atoms with E-state index < -0.39 is 11.5 Å². The fourth-order valence-corrected chi connectivity index (χ4v) is 2.26. The largest absolute Gasteiger partial charge is 0.492 e. The molecule has 0 saturated heterocycles. The normalized spacial score (nSPS) is 23.4. The molecular weight excluding hydrogens is 253 g/mol. The maximum atomic E-state index is 11.2. The molecule has 0 bridgehead atoms. The summed E-state index contributed by atoms with van der Waals surface area (Å²) in [5.41, 5.74) is 4.69. The lowest BCUT2D eigenvalue weighted by Crippen LogP contribution is -2.48. The third kappa shape index (κ3) is 1.63. The number of halogens is 2. The van der Waals surface area contributed by atoms with E-state index in [1.165, 1.54) is 12.1 Å². The number of aliphatic carboxylic acids is 1. The maximum Gasteiger partial charge on any atom is 0.328 e. The van der Waals surface area contributed by atoms with Crippen LogP contribution in [0.4, 0.5) is 0 Å². The van der Waals surface area contributed by atoms with Crippen molar-refractivity contribution in [3.05, 3.63) is 27.7 Å². The highest BCUT2D eigenvalue weighted by Gasteiger charge is 2.42. The Kier molecular flexibility index (Phi) is 2.74. The molecule has 1 unspecified atom stereocenters. The minimum atomic E-state index is -1.48. The highest BCUT2D eigenvalue weighted by Crippen LogP contribution is 2.41. The lowest BCUT2D eigenvalue weighted by molar-refractivity contribution is -0.144. The van der Waals surface area contributed by atoms with Gasteiger partial charge in [0.05, 0.1) is 11.6 Å². The summed E-state index contributed by atoms with van der Waals surface area (Å²) in [5, 5.41) is 9.77. The molecule has 6 heteroatoms. The molecule has 3 N–H and O–H groups in total. The first-order valence-corrected chi connectivity index (χ1v) is 5.35. The third-order valence-corrected chi connectivity index (χ3v) is 3.11. The number of nitrogens with two attached hydrogens (primary N) is 1. The molecule has 1 aromatic carbocycles. The van der Waals surface area contributed by atoms with Crippen LogP contribution in [-0.4, -0.2) is 17.7 Å². The SMILES string of the molecule is NC1(C(=O)O)CCOc2c(Cl)cc(Cl)cc21. The molecule has 0 aromatic heterocycles. The summed E-state index contributed by atoms with van der Waals surface area (Å²) in [6.07, 6.45) is 0.187. The van der Waals surface area contributed by atoms with E-state index in [9.17, 15) is 4.79 Å². The molecule has 1 aliphatic heterocycles. The second kappa shape index (κ2) is 3.80. The van der Waals surface area contributed by atoms with E-state index in [0.717, 1.165) is 0 Å². The van der Waals surface area contributed by atoms with E-state index in [2.05, 4.69) is 0 Å². The standard InChI is InChI=1S/C10H9Cl2NO3/c11-5-3-6-8(7(12)4-5)16-2-1-10(6,13)9(14)15/h3-4H,1-2,13H2,(H,14,15). The Bertz CT molecular complexity index is 464. The van der Waals surface area contributed by atoms with Crippen LogP contribution in [0, 0.1) is 0 Å². The molecule has 0 fully saturated rings. The van der Waals surface area contributed by atoms with Crippen molar-refractivity contribution < 1.29 is 14.6 Å². The van der Waals surface area contributed by atoms with Crippen LogP contribution >= 0.6 is 23.2 Å². The number of benzene rings is 1. The number of carbonyl (C=O) groups is 1. The van der Waals surface area contributed by atoms with E-state index in [-0.39, 0.29) is 18.1 Å². The summed E-state index contributed by atoms with van der Waals surface area (Å²) >= 11 is 11.7. The van der Waals surface area contributed by atoms with Gasteiger partial charge >= 0.3 is 5.97 Å². The molecule has 1 aromatic rings. The summed E-state index contributed by atoms with van der Waals surface area (Å²) in [4.78, 5) is 11.2. The Balaban J connectivity index is 2.67. The molecule has 2 rings (SSSR count). The molecule has 0 saturated carbocycles. The molecule has 1 aliphatic rings. The van der Waals surface area contributed by atoms with E-state index in [0.29, 0.717) is 16.3 Å². The van der Waals surface area contributed by atoms with Crippen LogP contribution in [0.2, 0.25) is 10.0 Å². The molecule has 1 heterocycles. The Hall–Kier alpha value is -0.970. The van der Waals surface area contributed by atoms with Gasteiger partial charge in [-0.05, 0) is 12.1 Å². The van der Waals surface area contributed by atoms with Crippen LogP contribution in [-0.2, 0) is 10.3 Å². The van der Waals surface area contributed by atoms with Gasteiger partial charge in [0.15, 0.2) is 0 Å². The first-order valence-electron chi connectivity index (χ1n) is 4.60. The van der Waals surface area contributed by atoms with Gasteiger partial charge in [-0.2, -0.15) is 0 Å². The van der Waals surface area contributed by atoms with Crippen molar-refractivity contribution in [3.63, 3.8) is 0 Å². The minimum absolute atomic E-state index is 0.187. The molecule has 0 radical (unpaired) electrons. The number of carboxylic acids is 1. The average molecular weight is 262 g/mol. The van der Waals surface area contributed by atoms with Crippen molar-refractivity contribution in [1.82, 2.24) is 0 Å². The van der Waals surface area contributed by atoms with Crippen LogP contribution < -0.4 is 10.5 Å². The summed E-state index contributed by atoms with van der Waals surface area (Å²) in [7, 11) is 0. The number of hydrogen-bond donors (Lipinski definition) is 2. The van der Waals surface area contributed by atoms with Gasteiger partial charge in [0.2, 0.25) is 0 Å². The average Bonchev–Trinajstić information content (AvgIpc) is 2.19. The Labute approximate surface area is 102 Å². The second-order valence-electron chi connectivity index (χ2n) is 3.64. The molecule has 16 heavy (non-hydrogen) atoms. The quantitative estimate of drug-likeness (QED) is 0.812. The van der Waals surface area contributed by atoms with Gasteiger partial charge in [-0.15, -0.1) is 0 Å². The van der Waals surface area contributed by atoms with E-state index in [4.69, 9.17) is 38.8 Å². The number of fused-ring (bicyclic) bond motifs is 1. The molecule has 86 valence electrons. The van der Waals surface area contributed by atoms with Gasteiger partial charge in [-0.25, -0.2) is 4.79 Å².